The van der Waals surface area contributed by atoms with Crippen molar-refractivity contribution in [3.8, 4) is 44.5 Å². The van der Waals surface area contributed by atoms with E-state index in [9.17, 15) is 0 Å². The van der Waals surface area contributed by atoms with Crippen LogP contribution in [0.5, 0.6) is 0 Å². The molecule has 0 fully saturated rings. The van der Waals surface area contributed by atoms with Gasteiger partial charge in [-0.15, -0.1) is 0 Å². The van der Waals surface area contributed by atoms with Gasteiger partial charge in [-0.1, -0.05) is 170 Å². The molecule has 0 aromatic heterocycles. The van der Waals surface area contributed by atoms with E-state index in [1.165, 1.54) is 77.2 Å². The van der Waals surface area contributed by atoms with Gasteiger partial charge >= 0.3 is 0 Å². The van der Waals surface area contributed by atoms with Crippen LogP contribution in [-0.4, -0.2) is 0 Å². The fourth-order valence-electron chi connectivity index (χ4n) is 6.26. The summed E-state index contributed by atoms with van der Waals surface area (Å²) in [6.07, 6.45) is 4.42. The first-order valence-corrected chi connectivity index (χ1v) is 15.8. The van der Waals surface area contributed by atoms with Crippen molar-refractivity contribution in [1.29, 1.82) is 0 Å². The van der Waals surface area contributed by atoms with Crippen LogP contribution in [0.4, 0.5) is 0 Å². The van der Waals surface area contributed by atoms with Gasteiger partial charge in [-0.05, 0) is 101 Å². The van der Waals surface area contributed by atoms with Crippen LogP contribution >= 0.6 is 0 Å². The highest BCUT2D eigenvalue weighted by Crippen LogP contribution is 2.30. The van der Waals surface area contributed by atoms with Crippen molar-refractivity contribution in [3.63, 3.8) is 0 Å². The Kier molecular flexibility index (Phi) is 7.30. The van der Waals surface area contributed by atoms with Crippen LogP contribution in [0.2, 0.25) is 0 Å². The summed E-state index contributed by atoms with van der Waals surface area (Å²) in [5.74, 6) is 0. The standard InChI is InChI=1S/C46H32/c1-3-7-35(8-4-1)37-17-21-39(22-18-37)43-27-25-41-29-33(13-15-45(41)31-43)11-12-34-14-16-46-32-44(28-26-42(46)30-34)40-23-19-38(20-24-40)36-9-5-2-6-10-36/h1-32H/b12-11+. The van der Waals surface area contributed by atoms with Gasteiger partial charge in [0.2, 0.25) is 0 Å². The van der Waals surface area contributed by atoms with Gasteiger partial charge in [0.1, 0.15) is 0 Å². The van der Waals surface area contributed by atoms with Gasteiger partial charge in [0.05, 0.1) is 0 Å². The SMILES string of the molecule is C(=C\c1ccc2cc(-c3ccc(-c4ccccc4)cc3)ccc2c1)/c1ccc2cc(-c3ccc(-c4ccccc4)cc3)ccc2c1. The molecule has 216 valence electrons. The second-order valence-corrected chi connectivity index (χ2v) is 11.9. The zero-order chi connectivity index (χ0) is 30.7. The van der Waals surface area contributed by atoms with Crippen molar-refractivity contribution in [2.75, 3.05) is 0 Å². The summed E-state index contributed by atoms with van der Waals surface area (Å²) in [6, 6.07) is 65.6. The summed E-state index contributed by atoms with van der Waals surface area (Å²) in [4.78, 5) is 0. The Bertz CT molecular complexity index is 2140. The second kappa shape index (κ2) is 12.2. The number of rotatable bonds is 6. The van der Waals surface area contributed by atoms with Gasteiger partial charge in [0, 0.05) is 0 Å². The zero-order valence-electron chi connectivity index (χ0n) is 25.5. The van der Waals surface area contributed by atoms with Crippen LogP contribution in [0.1, 0.15) is 11.1 Å². The lowest BCUT2D eigenvalue weighted by molar-refractivity contribution is 1.60. The third kappa shape index (κ3) is 5.77. The molecule has 0 spiro atoms. The van der Waals surface area contributed by atoms with Crippen molar-refractivity contribution in [3.05, 3.63) is 193 Å². The third-order valence-corrected chi connectivity index (χ3v) is 8.85. The van der Waals surface area contributed by atoms with Gasteiger partial charge in [-0.2, -0.15) is 0 Å². The highest BCUT2D eigenvalue weighted by Gasteiger charge is 2.05. The Balaban J connectivity index is 0.979. The molecule has 0 aliphatic heterocycles. The van der Waals surface area contributed by atoms with E-state index in [4.69, 9.17) is 0 Å². The molecular weight excluding hydrogens is 553 g/mol. The molecule has 8 aromatic rings. The van der Waals surface area contributed by atoms with E-state index in [0.29, 0.717) is 0 Å². The molecule has 8 rings (SSSR count). The van der Waals surface area contributed by atoms with Crippen molar-refractivity contribution in [1.82, 2.24) is 0 Å². The molecule has 0 nitrogen and oxygen atoms in total. The Morgan fingerprint density at radius 3 is 0.891 bits per heavy atom. The Hall–Kier alpha value is -5.98. The number of benzene rings is 8. The molecule has 0 amide bonds. The monoisotopic (exact) mass is 584 g/mol. The first kappa shape index (κ1) is 27.6. The van der Waals surface area contributed by atoms with E-state index < -0.39 is 0 Å². The normalized spacial score (nSPS) is 11.4. The first-order valence-electron chi connectivity index (χ1n) is 15.8. The third-order valence-electron chi connectivity index (χ3n) is 8.85. The summed E-state index contributed by atoms with van der Waals surface area (Å²) in [5.41, 5.74) is 12.3. The molecule has 0 heterocycles. The molecule has 0 aliphatic rings. The topological polar surface area (TPSA) is 0 Å². The van der Waals surface area contributed by atoms with Crippen molar-refractivity contribution in [2.45, 2.75) is 0 Å². The van der Waals surface area contributed by atoms with E-state index >= 15 is 0 Å². The predicted molar refractivity (Wildman–Crippen MR) is 199 cm³/mol. The molecule has 0 radical (unpaired) electrons. The number of fused-ring (bicyclic) bond motifs is 2. The van der Waals surface area contributed by atoms with Gasteiger partial charge in [0.15, 0.2) is 0 Å². The molecule has 0 saturated heterocycles. The highest BCUT2D eigenvalue weighted by molar-refractivity contribution is 5.92. The molecule has 0 atom stereocenters. The Morgan fingerprint density at radius 1 is 0.217 bits per heavy atom. The average Bonchev–Trinajstić information content (AvgIpc) is 3.14. The maximum absolute atomic E-state index is 2.29. The summed E-state index contributed by atoms with van der Waals surface area (Å²) < 4.78 is 0. The predicted octanol–water partition coefficient (Wildman–Crippen LogP) is 12.8. The lowest BCUT2D eigenvalue weighted by Crippen LogP contribution is -1.83. The average molecular weight is 585 g/mol. The first-order chi connectivity index (χ1) is 22.7. The van der Waals surface area contributed by atoms with Crippen molar-refractivity contribution >= 4 is 33.7 Å². The quantitative estimate of drug-likeness (QED) is 0.171. The van der Waals surface area contributed by atoms with Crippen LogP contribution in [0.3, 0.4) is 0 Å². The molecule has 0 heteroatoms. The lowest BCUT2D eigenvalue weighted by atomic mass is 9.97. The van der Waals surface area contributed by atoms with E-state index in [0.717, 1.165) is 0 Å². The highest BCUT2D eigenvalue weighted by atomic mass is 14.1. The smallest absolute Gasteiger partial charge is 0.0177 e. The largest absolute Gasteiger partial charge is 0.0622 e. The minimum absolute atomic E-state index is 1.20. The summed E-state index contributed by atoms with van der Waals surface area (Å²) in [7, 11) is 0. The molecule has 0 bridgehead atoms. The maximum Gasteiger partial charge on any atom is -0.0177 e. The minimum Gasteiger partial charge on any atom is -0.0622 e. The number of hydrogen-bond acceptors (Lipinski definition) is 0. The van der Waals surface area contributed by atoms with Gasteiger partial charge in [-0.3, -0.25) is 0 Å². The summed E-state index contributed by atoms with van der Waals surface area (Å²) >= 11 is 0. The van der Waals surface area contributed by atoms with Crippen LogP contribution in [0, 0.1) is 0 Å². The van der Waals surface area contributed by atoms with E-state index in [1.54, 1.807) is 0 Å². The minimum atomic E-state index is 1.20. The van der Waals surface area contributed by atoms with Crippen molar-refractivity contribution < 1.29 is 0 Å². The fourth-order valence-corrected chi connectivity index (χ4v) is 6.26. The Morgan fingerprint density at radius 2 is 0.500 bits per heavy atom. The van der Waals surface area contributed by atoms with Gasteiger partial charge < -0.3 is 0 Å². The lowest BCUT2D eigenvalue weighted by Gasteiger charge is -2.08. The van der Waals surface area contributed by atoms with Gasteiger partial charge in [0.25, 0.3) is 0 Å². The van der Waals surface area contributed by atoms with E-state index in [1.807, 2.05) is 0 Å². The number of hydrogen-bond donors (Lipinski definition) is 0. The molecule has 0 aliphatic carbocycles. The zero-order valence-corrected chi connectivity index (χ0v) is 25.5. The van der Waals surface area contributed by atoms with Crippen LogP contribution in [0.15, 0.2) is 182 Å². The Labute approximate surface area is 270 Å². The maximum atomic E-state index is 2.29. The van der Waals surface area contributed by atoms with E-state index in [-0.39, 0.29) is 0 Å². The summed E-state index contributed by atoms with van der Waals surface area (Å²) in [6.45, 7) is 0. The summed E-state index contributed by atoms with van der Waals surface area (Å²) in [5, 5.41) is 4.99. The van der Waals surface area contributed by atoms with Crippen molar-refractivity contribution in [2.24, 2.45) is 0 Å². The van der Waals surface area contributed by atoms with Gasteiger partial charge in [-0.25, -0.2) is 0 Å². The van der Waals surface area contributed by atoms with Crippen LogP contribution in [-0.2, 0) is 0 Å². The second-order valence-electron chi connectivity index (χ2n) is 11.9. The fraction of sp³-hybridized carbons (Fsp3) is 0. The molecular formula is C46H32. The molecule has 0 N–H and O–H groups in total. The van der Waals surface area contributed by atoms with E-state index in [2.05, 4.69) is 194 Å². The molecule has 0 unspecified atom stereocenters. The molecule has 0 saturated carbocycles. The molecule has 8 aromatic carbocycles. The van der Waals surface area contributed by atoms with Crippen LogP contribution < -0.4 is 0 Å². The van der Waals surface area contributed by atoms with Crippen LogP contribution in [0.25, 0.3) is 78.2 Å². The molecule has 46 heavy (non-hydrogen) atoms.